The van der Waals surface area contributed by atoms with Gasteiger partial charge in [0.25, 0.3) is 0 Å². The molecule has 2 aliphatic carbocycles. The summed E-state index contributed by atoms with van der Waals surface area (Å²) in [6.07, 6.45) is 7.99. The van der Waals surface area contributed by atoms with Crippen molar-refractivity contribution in [1.82, 2.24) is 10.2 Å². The second-order valence-corrected chi connectivity index (χ2v) is 5.95. The van der Waals surface area contributed by atoms with Gasteiger partial charge in [-0.1, -0.05) is 12.8 Å². The van der Waals surface area contributed by atoms with E-state index in [0.29, 0.717) is 5.92 Å². The average Bonchev–Trinajstić information content (AvgIpc) is 3.07. The van der Waals surface area contributed by atoms with E-state index in [1.807, 2.05) is 7.05 Å². The van der Waals surface area contributed by atoms with Crippen LogP contribution in [0.2, 0.25) is 0 Å². The molecule has 1 atom stereocenters. The van der Waals surface area contributed by atoms with Crippen molar-refractivity contribution in [2.24, 2.45) is 11.8 Å². The Morgan fingerprint density at radius 3 is 2.41 bits per heavy atom. The van der Waals surface area contributed by atoms with Gasteiger partial charge in [0.2, 0.25) is 0 Å². The maximum absolute atomic E-state index is 9.46. The van der Waals surface area contributed by atoms with Crippen LogP contribution >= 0.6 is 0 Å². The minimum Gasteiger partial charge on any atom is -0.303 e. The molecule has 2 rings (SSSR count). The summed E-state index contributed by atoms with van der Waals surface area (Å²) in [4.78, 5) is 2.37. The predicted octanol–water partition coefficient (Wildman–Crippen LogP) is 2.00. The minimum absolute atomic E-state index is 0.298. The van der Waals surface area contributed by atoms with Crippen LogP contribution in [0, 0.1) is 23.2 Å². The Balaban J connectivity index is 1.86. The van der Waals surface area contributed by atoms with Crippen molar-refractivity contribution in [3.05, 3.63) is 0 Å². The number of likely N-dealkylation sites (N-methyl/N-ethyl adjacent to an activating group) is 2. The highest BCUT2D eigenvalue weighted by Gasteiger charge is 2.45. The fraction of sp³-hybridized carbons (Fsp3) is 0.929. The van der Waals surface area contributed by atoms with Crippen molar-refractivity contribution >= 4 is 0 Å². The molecule has 0 bridgehead atoms. The summed E-state index contributed by atoms with van der Waals surface area (Å²) in [5.41, 5.74) is -0.298. The molecule has 0 saturated heterocycles. The van der Waals surface area contributed by atoms with E-state index in [4.69, 9.17) is 0 Å². The van der Waals surface area contributed by atoms with Crippen molar-refractivity contribution in [3.8, 4) is 6.07 Å². The number of nitriles is 1. The van der Waals surface area contributed by atoms with Gasteiger partial charge in [-0.05, 0) is 51.6 Å². The number of hydrogen-bond acceptors (Lipinski definition) is 3. The number of hydrogen-bond donors (Lipinski definition) is 1. The van der Waals surface area contributed by atoms with Crippen LogP contribution in [0.1, 0.15) is 38.5 Å². The van der Waals surface area contributed by atoms with E-state index in [1.165, 1.54) is 38.5 Å². The molecule has 0 radical (unpaired) electrons. The van der Waals surface area contributed by atoms with Crippen molar-refractivity contribution in [3.63, 3.8) is 0 Å². The molecule has 0 aromatic carbocycles. The first-order valence-corrected chi connectivity index (χ1v) is 6.99. The van der Waals surface area contributed by atoms with Crippen molar-refractivity contribution in [1.29, 1.82) is 5.26 Å². The molecule has 0 aromatic rings. The standard InChI is InChI=1S/C14H25N3/c1-16-14(10-15,13-7-8-13)11-17(2)9-12-5-3-4-6-12/h12-13,16H,3-9,11H2,1-2H3. The van der Waals surface area contributed by atoms with Gasteiger partial charge in [0.15, 0.2) is 0 Å². The second-order valence-electron chi connectivity index (χ2n) is 5.95. The highest BCUT2D eigenvalue weighted by atomic mass is 15.1. The topological polar surface area (TPSA) is 39.1 Å². The van der Waals surface area contributed by atoms with E-state index >= 15 is 0 Å². The van der Waals surface area contributed by atoms with E-state index in [0.717, 1.165) is 19.0 Å². The smallest absolute Gasteiger partial charge is 0.122 e. The van der Waals surface area contributed by atoms with Crippen LogP contribution in [0.25, 0.3) is 0 Å². The van der Waals surface area contributed by atoms with E-state index in [1.54, 1.807) is 0 Å². The molecular formula is C14H25N3. The Kier molecular flexibility index (Phi) is 4.06. The van der Waals surface area contributed by atoms with E-state index in [9.17, 15) is 5.26 Å². The molecule has 0 heterocycles. The summed E-state index contributed by atoms with van der Waals surface area (Å²) in [6.45, 7) is 2.04. The van der Waals surface area contributed by atoms with Crippen LogP contribution in [0.4, 0.5) is 0 Å². The minimum atomic E-state index is -0.298. The molecule has 1 unspecified atom stereocenters. The molecule has 3 nitrogen and oxygen atoms in total. The Morgan fingerprint density at radius 2 is 1.94 bits per heavy atom. The Bertz CT molecular complexity index is 286. The lowest BCUT2D eigenvalue weighted by molar-refractivity contribution is 0.210. The zero-order valence-corrected chi connectivity index (χ0v) is 11.2. The quantitative estimate of drug-likeness (QED) is 0.765. The van der Waals surface area contributed by atoms with Crippen LogP contribution in [0.3, 0.4) is 0 Å². The van der Waals surface area contributed by atoms with Gasteiger partial charge in [0, 0.05) is 13.1 Å². The highest BCUT2D eigenvalue weighted by molar-refractivity contribution is 5.16. The van der Waals surface area contributed by atoms with Gasteiger partial charge in [-0.25, -0.2) is 0 Å². The fourth-order valence-corrected chi connectivity index (χ4v) is 3.29. The summed E-state index contributed by atoms with van der Waals surface area (Å²) in [6, 6.07) is 2.53. The van der Waals surface area contributed by atoms with Crippen molar-refractivity contribution < 1.29 is 0 Å². The maximum Gasteiger partial charge on any atom is 0.122 e. The normalized spacial score (nSPS) is 24.8. The number of nitrogens with zero attached hydrogens (tertiary/aromatic N) is 2. The van der Waals surface area contributed by atoms with E-state index < -0.39 is 0 Å². The van der Waals surface area contributed by atoms with Gasteiger partial charge < -0.3 is 10.2 Å². The molecule has 0 aromatic heterocycles. The molecule has 3 heteroatoms. The largest absolute Gasteiger partial charge is 0.303 e. The molecule has 17 heavy (non-hydrogen) atoms. The third-order valence-electron chi connectivity index (χ3n) is 4.48. The Morgan fingerprint density at radius 1 is 1.29 bits per heavy atom. The van der Waals surface area contributed by atoms with Gasteiger partial charge in [-0.15, -0.1) is 0 Å². The fourth-order valence-electron chi connectivity index (χ4n) is 3.29. The summed E-state index contributed by atoms with van der Waals surface area (Å²) in [5, 5.41) is 12.7. The van der Waals surface area contributed by atoms with Crippen LogP contribution in [0.5, 0.6) is 0 Å². The number of nitrogens with one attached hydrogen (secondary N) is 1. The lowest BCUT2D eigenvalue weighted by atomic mass is 9.94. The highest BCUT2D eigenvalue weighted by Crippen LogP contribution is 2.39. The van der Waals surface area contributed by atoms with Gasteiger partial charge in [0.1, 0.15) is 5.54 Å². The van der Waals surface area contributed by atoms with Gasteiger partial charge in [-0.3, -0.25) is 0 Å². The maximum atomic E-state index is 9.46. The van der Waals surface area contributed by atoms with Crippen LogP contribution in [-0.4, -0.2) is 37.6 Å². The first kappa shape index (κ1) is 12.9. The monoisotopic (exact) mass is 235 g/mol. The summed E-state index contributed by atoms with van der Waals surface area (Å²) in [7, 11) is 4.11. The van der Waals surface area contributed by atoms with E-state index in [-0.39, 0.29) is 5.54 Å². The second kappa shape index (κ2) is 5.37. The lowest BCUT2D eigenvalue weighted by Gasteiger charge is -2.32. The first-order chi connectivity index (χ1) is 8.20. The molecule has 0 aliphatic heterocycles. The van der Waals surface area contributed by atoms with Gasteiger partial charge >= 0.3 is 0 Å². The molecular weight excluding hydrogens is 210 g/mol. The molecule has 0 amide bonds. The number of rotatable bonds is 6. The van der Waals surface area contributed by atoms with Gasteiger partial charge in [0.05, 0.1) is 6.07 Å². The lowest BCUT2D eigenvalue weighted by Crippen LogP contribution is -2.52. The first-order valence-electron chi connectivity index (χ1n) is 6.99. The third kappa shape index (κ3) is 3.00. The predicted molar refractivity (Wildman–Crippen MR) is 69.6 cm³/mol. The van der Waals surface area contributed by atoms with Gasteiger partial charge in [-0.2, -0.15) is 5.26 Å². The zero-order chi connectivity index (χ0) is 12.3. The van der Waals surface area contributed by atoms with Crippen LogP contribution < -0.4 is 5.32 Å². The molecule has 96 valence electrons. The summed E-state index contributed by atoms with van der Waals surface area (Å²) in [5.74, 6) is 1.44. The van der Waals surface area contributed by atoms with Crippen molar-refractivity contribution in [2.75, 3.05) is 27.2 Å². The third-order valence-corrected chi connectivity index (χ3v) is 4.48. The molecule has 0 spiro atoms. The molecule has 2 fully saturated rings. The SMILES string of the molecule is CNC(C#N)(CN(C)CC1CCCC1)C1CC1. The Labute approximate surface area is 105 Å². The van der Waals surface area contributed by atoms with Crippen LogP contribution in [0.15, 0.2) is 0 Å². The van der Waals surface area contributed by atoms with E-state index in [2.05, 4.69) is 23.3 Å². The summed E-state index contributed by atoms with van der Waals surface area (Å²) >= 11 is 0. The molecule has 1 N–H and O–H groups in total. The summed E-state index contributed by atoms with van der Waals surface area (Å²) < 4.78 is 0. The zero-order valence-electron chi connectivity index (χ0n) is 11.2. The van der Waals surface area contributed by atoms with Crippen molar-refractivity contribution in [2.45, 2.75) is 44.1 Å². The van der Waals surface area contributed by atoms with Crippen LogP contribution in [-0.2, 0) is 0 Å². The average molecular weight is 235 g/mol. The Hall–Kier alpha value is -0.590. The molecule has 2 aliphatic rings. The molecule has 2 saturated carbocycles.